The van der Waals surface area contributed by atoms with E-state index < -0.39 is 15.3 Å². The zero-order valence-corrected chi connectivity index (χ0v) is 18.8. The van der Waals surface area contributed by atoms with Crippen LogP contribution in [0.2, 0.25) is 0 Å². The molecule has 0 radical (unpaired) electrons. The van der Waals surface area contributed by atoms with Crippen LogP contribution in [0.5, 0.6) is 0 Å². The van der Waals surface area contributed by atoms with E-state index in [2.05, 4.69) is 5.10 Å². The second kappa shape index (κ2) is 8.84. The summed E-state index contributed by atoms with van der Waals surface area (Å²) < 4.78 is 41.4. The Morgan fingerprint density at radius 3 is 2.16 bits per heavy atom. The van der Waals surface area contributed by atoms with E-state index in [1.54, 1.807) is 44.3 Å². The maximum absolute atomic E-state index is 13.6. The van der Waals surface area contributed by atoms with E-state index in [1.807, 2.05) is 23.1 Å². The normalized spacial score (nSPS) is 15.3. The maximum atomic E-state index is 13.6. The van der Waals surface area contributed by atoms with Gasteiger partial charge >= 0.3 is 0 Å². The van der Waals surface area contributed by atoms with Crippen LogP contribution in [0, 0.1) is 5.82 Å². The van der Waals surface area contributed by atoms with Crippen molar-refractivity contribution in [2.75, 3.05) is 31.1 Å². The van der Waals surface area contributed by atoms with E-state index in [1.165, 1.54) is 21.1 Å². The van der Waals surface area contributed by atoms with E-state index in [-0.39, 0.29) is 11.4 Å². The molecule has 3 aromatic rings. The molecule has 0 spiro atoms. The Labute approximate surface area is 186 Å². The minimum absolute atomic E-state index is 0.322. The first-order valence-electron chi connectivity index (χ1n) is 10.5. The molecule has 9 heteroatoms. The first kappa shape index (κ1) is 22.2. The van der Waals surface area contributed by atoms with Crippen LogP contribution in [0.4, 0.5) is 10.1 Å². The molecule has 168 valence electrons. The van der Waals surface area contributed by atoms with Gasteiger partial charge in [0.1, 0.15) is 5.82 Å². The van der Waals surface area contributed by atoms with E-state index in [4.69, 9.17) is 0 Å². The Kier molecular flexibility index (Phi) is 6.12. The minimum Gasteiger partial charge on any atom is -0.367 e. The molecule has 1 saturated heterocycles. The number of halogens is 1. The highest BCUT2D eigenvalue weighted by Gasteiger charge is 2.30. The molecule has 32 heavy (non-hydrogen) atoms. The first-order valence-corrected chi connectivity index (χ1v) is 12.0. The van der Waals surface area contributed by atoms with Gasteiger partial charge in [-0.2, -0.15) is 14.1 Å². The summed E-state index contributed by atoms with van der Waals surface area (Å²) in [6, 6.07) is 14.9. The van der Waals surface area contributed by atoms with Gasteiger partial charge in [0.25, 0.3) is 5.56 Å². The Morgan fingerprint density at radius 1 is 0.938 bits per heavy atom. The number of anilines is 1. The Balaban J connectivity index is 1.75. The molecule has 2 heterocycles. The predicted octanol–water partition coefficient (Wildman–Crippen LogP) is 2.90. The van der Waals surface area contributed by atoms with Gasteiger partial charge < -0.3 is 4.90 Å². The Morgan fingerprint density at radius 2 is 1.56 bits per heavy atom. The SMILES string of the molecule is CC(C)S(=O)(=O)N1CCN(c2cnn(-c3ccccc3)c(=O)c2-c2ccc(F)cc2)CC1. The average Bonchev–Trinajstić information content (AvgIpc) is 2.80. The van der Waals surface area contributed by atoms with Gasteiger partial charge in [0.2, 0.25) is 10.0 Å². The standard InChI is InChI=1S/C23H25FN4O3S/c1-17(2)32(30,31)27-14-12-26(13-15-27)21-16-25-28(20-6-4-3-5-7-20)23(29)22(21)18-8-10-19(24)11-9-18/h3-11,16-17H,12-15H2,1-2H3. The van der Waals surface area contributed by atoms with Crippen molar-refractivity contribution in [2.24, 2.45) is 0 Å². The molecule has 0 unspecified atom stereocenters. The first-order chi connectivity index (χ1) is 15.3. The molecule has 0 bridgehead atoms. The predicted molar refractivity (Wildman–Crippen MR) is 123 cm³/mol. The van der Waals surface area contributed by atoms with Gasteiger partial charge in [-0.1, -0.05) is 30.3 Å². The van der Waals surface area contributed by atoms with Crippen LogP contribution in [-0.4, -0.2) is 53.9 Å². The van der Waals surface area contributed by atoms with Crippen LogP contribution in [0.15, 0.2) is 65.6 Å². The van der Waals surface area contributed by atoms with Crippen molar-refractivity contribution < 1.29 is 12.8 Å². The number of rotatable bonds is 5. The van der Waals surface area contributed by atoms with E-state index in [0.29, 0.717) is 48.7 Å². The third-order valence-electron chi connectivity index (χ3n) is 5.63. The Hall–Kier alpha value is -3.04. The lowest BCUT2D eigenvalue weighted by Gasteiger charge is -2.36. The topological polar surface area (TPSA) is 75.5 Å². The molecular formula is C23H25FN4O3S. The highest BCUT2D eigenvalue weighted by Crippen LogP contribution is 2.29. The number of sulfonamides is 1. The summed E-state index contributed by atoms with van der Waals surface area (Å²) in [5, 5.41) is 3.89. The summed E-state index contributed by atoms with van der Waals surface area (Å²) in [5.41, 5.74) is 1.90. The molecule has 2 aromatic carbocycles. The van der Waals surface area contributed by atoms with Crippen molar-refractivity contribution in [2.45, 2.75) is 19.1 Å². The zero-order chi connectivity index (χ0) is 22.9. The second-order valence-electron chi connectivity index (χ2n) is 7.94. The smallest absolute Gasteiger partial charge is 0.281 e. The number of nitrogens with zero attached hydrogens (tertiary/aromatic N) is 4. The van der Waals surface area contributed by atoms with E-state index in [9.17, 15) is 17.6 Å². The number of para-hydroxylation sites is 1. The Bertz CT molecular complexity index is 1250. The summed E-state index contributed by atoms with van der Waals surface area (Å²) in [6.07, 6.45) is 1.62. The van der Waals surface area contributed by atoms with Gasteiger partial charge in [0, 0.05) is 26.2 Å². The van der Waals surface area contributed by atoms with Crippen LogP contribution >= 0.6 is 0 Å². The van der Waals surface area contributed by atoms with Crippen molar-refractivity contribution in [3.8, 4) is 16.8 Å². The van der Waals surface area contributed by atoms with Gasteiger partial charge in [-0.25, -0.2) is 12.8 Å². The third-order valence-corrected chi connectivity index (χ3v) is 7.90. The quantitative estimate of drug-likeness (QED) is 0.590. The molecule has 1 aliphatic rings. The number of hydrogen-bond acceptors (Lipinski definition) is 5. The molecule has 0 N–H and O–H groups in total. The van der Waals surface area contributed by atoms with Gasteiger partial charge in [-0.15, -0.1) is 0 Å². The fourth-order valence-electron chi connectivity index (χ4n) is 3.81. The molecule has 4 rings (SSSR count). The second-order valence-corrected chi connectivity index (χ2v) is 10.4. The average molecular weight is 457 g/mol. The van der Waals surface area contributed by atoms with Gasteiger partial charge in [-0.3, -0.25) is 4.79 Å². The van der Waals surface area contributed by atoms with Gasteiger partial charge in [-0.05, 0) is 43.7 Å². The van der Waals surface area contributed by atoms with Crippen molar-refractivity contribution in [3.63, 3.8) is 0 Å². The summed E-state index contributed by atoms with van der Waals surface area (Å²) in [5.74, 6) is -0.389. The number of aromatic nitrogens is 2. The van der Waals surface area contributed by atoms with Crippen LogP contribution in [0.25, 0.3) is 16.8 Å². The number of piperazine rings is 1. The molecule has 0 atom stereocenters. The van der Waals surface area contributed by atoms with Crippen LogP contribution < -0.4 is 10.5 Å². The molecule has 0 saturated carbocycles. The summed E-state index contributed by atoms with van der Waals surface area (Å²) >= 11 is 0. The molecular weight excluding hydrogens is 431 g/mol. The van der Waals surface area contributed by atoms with Crippen molar-refractivity contribution in [1.82, 2.24) is 14.1 Å². The molecule has 0 aliphatic carbocycles. The summed E-state index contributed by atoms with van der Waals surface area (Å²) in [4.78, 5) is 15.5. The van der Waals surface area contributed by atoms with Crippen molar-refractivity contribution in [1.29, 1.82) is 0 Å². The summed E-state index contributed by atoms with van der Waals surface area (Å²) in [6.45, 7) is 4.84. The van der Waals surface area contributed by atoms with Crippen molar-refractivity contribution in [3.05, 3.63) is 77.0 Å². The van der Waals surface area contributed by atoms with Crippen LogP contribution in [-0.2, 0) is 10.0 Å². The number of benzene rings is 2. The number of hydrogen-bond donors (Lipinski definition) is 0. The highest BCUT2D eigenvalue weighted by molar-refractivity contribution is 7.89. The maximum Gasteiger partial charge on any atom is 0.281 e. The highest BCUT2D eigenvalue weighted by atomic mass is 32.2. The van der Waals surface area contributed by atoms with Crippen LogP contribution in [0.3, 0.4) is 0 Å². The van der Waals surface area contributed by atoms with E-state index >= 15 is 0 Å². The van der Waals surface area contributed by atoms with E-state index in [0.717, 1.165) is 0 Å². The lowest BCUT2D eigenvalue weighted by atomic mass is 10.0. The van der Waals surface area contributed by atoms with Gasteiger partial charge in [0.15, 0.2) is 0 Å². The summed E-state index contributed by atoms with van der Waals surface area (Å²) in [7, 11) is -3.34. The molecule has 1 aromatic heterocycles. The molecule has 7 nitrogen and oxygen atoms in total. The third kappa shape index (κ3) is 4.18. The fraction of sp³-hybridized carbons (Fsp3) is 0.304. The fourth-order valence-corrected chi connectivity index (χ4v) is 5.08. The minimum atomic E-state index is -3.34. The zero-order valence-electron chi connectivity index (χ0n) is 18.0. The molecule has 1 aliphatic heterocycles. The van der Waals surface area contributed by atoms with Crippen molar-refractivity contribution >= 4 is 15.7 Å². The van der Waals surface area contributed by atoms with Gasteiger partial charge in [0.05, 0.1) is 28.4 Å². The largest absolute Gasteiger partial charge is 0.367 e. The molecule has 1 fully saturated rings. The lowest BCUT2D eigenvalue weighted by Crippen LogP contribution is -2.50. The lowest BCUT2D eigenvalue weighted by molar-refractivity contribution is 0.381. The molecule has 0 amide bonds. The monoisotopic (exact) mass is 456 g/mol. The van der Waals surface area contributed by atoms with Crippen LogP contribution in [0.1, 0.15) is 13.8 Å².